The third-order valence-electron chi connectivity index (χ3n) is 3.40. The highest BCUT2D eigenvalue weighted by Gasteiger charge is 2.22. The summed E-state index contributed by atoms with van der Waals surface area (Å²) in [5.41, 5.74) is 0.990. The van der Waals surface area contributed by atoms with E-state index in [0.29, 0.717) is 11.1 Å². The Morgan fingerprint density at radius 1 is 1.08 bits per heavy atom. The van der Waals surface area contributed by atoms with Gasteiger partial charge in [-0.15, -0.1) is 0 Å². The van der Waals surface area contributed by atoms with Crippen LogP contribution in [0.4, 0.5) is 10.1 Å². The largest absolute Gasteiger partial charge is 0.279 e. The van der Waals surface area contributed by atoms with Crippen LogP contribution in [0.2, 0.25) is 5.02 Å². The van der Waals surface area contributed by atoms with Crippen LogP contribution < -0.4 is 9.86 Å². The standard InChI is InChI=1S/C14H14ClFN2O4S2/c1-8-5-11(23(17,19)20)7-13(9(8)2)18-24(21,22)14-4-3-10(15)6-12(14)16/h3-7,18H,1-2H3,(H2,17,19,20). The average Bonchev–Trinajstić information content (AvgIpc) is 2.41. The number of halogens is 2. The topological polar surface area (TPSA) is 106 Å². The molecular weight excluding hydrogens is 379 g/mol. The molecule has 0 radical (unpaired) electrons. The quantitative estimate of drug-likeness (QED) is 0.833. The highest BCUT2D eigenvalue weighted by atomic mass is 35.5. The average molecular weight is 393 g/mol. The molecule has 0 fully saturated rings. The molecule has 0 aromatic heterocycles. The highest BCUT2D eigenvalue weighted by molar-refractivity contribution is 7.92. The number of hydrogen-bond donors (Lipinski definition) is 2. The SMILES string of the molecule is Cc1cc(S(N)(=O)=O)cc(NS(=O)(=O)c2ccc(Cl)cc2F)c1C. The van der Waals surface area contributed by atoms with Crippen LogP contribution in [0, 0.1) is 19.7 Å². The molecule has 6 nitrogen and oxygen atoms in total. The van der Waals surface area contributed by atoms with Gasteiger partial charge in [0.25, 0.3) is 10.0 Å². The summed E-state index contributed by atoms with van der Waals surface area (Å²) >= 11 is 5.61. The Kier molecular flexibility index (Phi) is 4.91. The Morgan fingerprint density at radius 2 is 1.71 bits per heavy atom. The summed E-state index contributed by atoms with van der Waals surface area (Å²) in [5.74, 6) is -1.02. The summed E-state index contributed by atoms with van der Waals surface area (Å²) in [5, 5.41) is 5.13. The van der Waals surface area contributed by atoms with Gasteiger partial charge in [0.15, 0.2) is 0 Å². The minimum Gasteiger partial charge on any atom is -0.279 e. The van der Waals surface area contributed by atoms with Crippen molar-refractivity contribution in [2.45, 2.75) is 23.6 Å². The van der Waals surface area contributed by atoms with Gasteiger partial charge < -0.3 is 0 Å². The van der Waals surface area contributed by atoms with Crippen LogP contribution in [0.3, 0.4) is 0 Å². The molecule has 0 aliphatic carbocycles. The molecule has 0 saturated carbocycles. The van der Waals surface area contributed by atoms with E-state index in [1.165, 1.54) is 12.1 Å². The predicted molar refractivity (Wildman–Crippen MR) is 89.5 cm³/mol. The number of anilines is 1. The van der Waals surface area contributed by atoms with Crippen molar-refractivity contribution in [3.63, 3.8) is 0 Å². The number of nitrogens with two attached hydrogens (primary N) is 1. The number of rotatable bonds is 4. The molecule has 0 heterocycles. The van der Waals surface area contributed by atoms with Gasteiger partial charge in [0, 0.05) is 5.02 Å². The van der Waals surface area contributed by atoms with Crippen molar-refractivity contribution < 1.29 is 21.2 Å². The summed E-state index contributed by atoms with van der Waals surface area (Å²) in [6.07, 6.45) is 0. The number of sulfonamides is 2. The molecule has 0 bridgehead atoms. The molecule has 3 N–H and O–H groups in total. The second-order valence-corrected chi connectivity index (χ2v) is 8.79. The van der Waals surface area contributed by atoms with Crippen molar-refractivity contribution in [2.24, 2.45) is 5.14 Å². The Morgan fingerprint density at radius 3 is 2.25 bits per heavy atom. The van der Waals surface area contributed by atoms with E-state index in [2.05, 4.69) is 4.72 Å². The fraction of sp³-hybridized carbons (Fsp3) is 0.143. The lowest BCUT2D eigenvalue weighted by atomic mass is 10.1. The fourth-order valence-electron chi connectivity index (χ4n) is 1.99. The first-order valence-corrected chi connectivity index (χ1v) is 9.94. The molecule has 0 saturated heterocycles. The number of nitrogens with one attached hydrogen (secondary N) is 1. The van der Waals surface area contributed by atoms with Crippen LogP contribution in [0.5, 0.6) is 0 Å². The van der Waals surface area contributed by atoms with E-state index in [0.717, 1.165) is 18.2 Å². The first-order valence-electron chi connectivity index (χ1n) is 6.54. The number of benzene rings is 2. The lowest BCUT2D eigenvalue weighted by Gasteiger charge is -2.14. The van der Waals surface area contributed by atoms with Crippen LogP contribution in [0.1, 0.15) is 11.1 Å². The van der Waals surface area contributed by atoms with Crippen LogP contribution in [-0.2, 0) is 20.0 Å². The van der Waals surface area contributed by atoms with Crippen molar-refractivity contribution in [1.29, 1.82) is 0 Å². The van der Waals surface area contributed by atoms with Crippen LogP contribution in [0.25, 0.3) is 0 Å². The Labute approximate surface area is 144 Å². The summed E-state index contributed by atoms with van der Waals surface area (Å²) in [6.45, 7) is 3.20. The third kappa shape index (κ3) is 3.86. The smallest absolute Gasteiger partial charge is 0.264 e. The summed E-state index contributed by atoms with van der Waals surface area (Å²) in [6, 6.07) is 5.53. The maximum Gasteiger partial charge on any atom is 0.264 e. The van der Waals surface area contributed by atoms with Crippen molar-refractivity contribution in [1.82, 2.24) is 0 Å². The molecule has 0 aliphatic heterocycles. The lowest BCUT2D eigenvalue weighted by molar-refractivity contribution is 0.570. The summed E-state index contributed by atoms with van der Waals surface area (Å²) in [7, 11) is -8.31. The molecule has 0 aliphatic rings. The second-order valence-electron chi connectivity index (χ2n) is 5.14. The molecule has 0 spiro atoms. The predicted octanol–water partition coefficient (Wildman–Crippen LogP) is 2.54. The highest BCUT2D eigenvalue weighted by Crippen LogP contribution is 2.27. The van der Waals surface area contributed by atoms with Crippen molar-refractivity contribution in [3.05, 3.63) is 52.3 Å². The molecule has 2 aromatic rings. The molecule has 0 amide bonds. The van der Waals surface area contributed by atoms with Gasteiger partial charge in [0.2, 0.25) is 10.0 Å². The Balaban J connectivity index is 2.56. The zero-order chi connectivity index (χ0) is 18.3. The molecule has 24 heavy (non-hydrogen) atoms. The van der Waals surface area contributed by atoms with E-state index < -0.39 is 30.8 Å². The van der Waals surface area contributed by atoms with E-state index >= 15 is 0 Å². The fourth-order valence-corrected chi connectivity index (χ4v) is 3.95. The number of hydrogen-bond acceptors (Lipinski definition) is 4. The van der Waals surface area contributed by atoms with E-state index in [4.69, 9.17) is 16.7 Å². The first kappa shape index (κ1) is 18.7. The number of primary sulfonamides is 1. The third-order valence-corrected chi connectivity index (χ3v) is 5.92. The normalized spacial score (nSPS) is 12.2. The zero-order valence-electron chi connectivity index (χ0n) is 12.7. The number of aryl methyl sites for hydroxylation is 1. The molecular formula is C14H14ClFN2O4S2. The monoisotopic (exact) mass is 392 g/mol. The second kappa shape index (κ2) is 6.32. The van der Waals surface area contributed by atoms with Crippen molar-refractivity contribution in [2.75, 3.05) is 4.72 Å². The molecule has 10 heteroatoms. The summed E-state index contributed by atoms with van der Waals surface area (Å²) < 4.78 is 63.8. The summed E-state index contributed by atoms with van der Waals surface area (Å²) in [4.78, 5) is -0.857. The van der Waals surface area contributed by atoms with Gasteiger partial charge in [-0.1, -0.05) is 11.6 Å². The van der Waals surface area contributed by atoms with Gasteiger partial charge in [0.05, 0.1) is 10.6 Å². The van der Waals surface area contributed by atoms with Gasteiger partial charge >= 0.3 is 0 Å². The minimum atomic E-state index is -4.28. The van der Waals surface area contributed by atoms with Crippen molar-refractivity contribution >= 4 is 37.3 Å². The zero-order valence-corrected chi connectivity index (χ0v) is 15.1. The van der Waals surface area contributed by atoms with Gasteiger partial charge in [-0.25, -0.2) is 26.4 Å². The molecule has 130 valence electrons. The Hall–Kier alpha value is -1.68. The van der Waals surface area contributed by atoms with Crippen LogP contribution in [-0.4, -0.2) is 16.8 Å². The van der Waals surface area contributed by atoms with Crippen LogP contribution >= 0.6 is 11.6 Å². The molecule has 0 unspecified atom stereocenters. The minimum absolute atomic E-state index is 0.00613. The first-order chi connectivity index (χ1) is 10.9. The van der Waals surface area contributed by atoms with Crippen LogP contribution in [0.15, 0.2) is 40.1 Å². The molecule has 0 atom stereocenters. The van der Waals surface area contributed by atoms with E-state index in [1.807, 2.05) is 0 Å². The van der Waals surface area contributed by atoms with E-state index in [1.54, 1.807) is 13.8 Å². The molecule has 2 aromatic carbocycles. The van der Waals surface area contributed by atoms with E-state index in [9.17, 15) is 21.2 Å². The van der Waals surface area contributed by atoms with Gasteiger partial charge in [-0.3, -0.25) is 4.72 Å². The maximum absolute atomic E-state index is 13.9. The maximum atomic E-state index is 13.9. The van der Waals surface area contributed by atoms with Gasteiger partial charge in [0.1, 0.15) is 10.7 Å². The van der Waals surface area contributed by atoms with Gasteiger partial charge in [-0.05, 0) is 55.3 Å². The molecule has 2 rings (SSSR count). The van der Waals surface area contributed by atoms with E-state index in [-0.39, 0.29) is 15.6 Å². The van der Waals surface area contributed by atoms with Gasteiger partial charge in [-0.2, -0.15) is 0 Å². The lowest BCUT2D eigenvalue weighted by Crippen LogP contribution is -2.17. The van der Waals surface area contributed by atoms with Crippen molar-refractivity contribution in [3.8, 4) is 0 Å². The Bertz CT molecular complexity index is 1020.